The molecule has 2 aromatic rings. The van der Waals surface area contributed by atoms with Crippen molar-refractivity contribution in [1.82, 2.24) is 5.32 Å². The van der Waals surface area contributed by atoms with Crippen LogP contribution in [0.2, 0.25) is 0 Å². The summed E-state index contributed by atoms with van der Waals surface area (Å²) in [7, 11) is -3.69. The highest BCUT2D eigenvalue weighted by atomic mass is 32.2. The number of hydrogen-bond donors (Lipinski definition) is 2. The smallest absolute Gasteiger partial charge is 0.343 e. The Balaban J connectivity index is 1.63. The maximum Gasteiger partial charge on any atom is 0.405 e. The van der Waals surface area contributed by atoms with E-state index < -0.39 is 40.1 Å². The number of fused-ring (bicyclic) bond motifs is 1. The third-order valence-electron chi connectivity index (χ3n) is 4.92. The van der Waals surface area contributed by atoms with Crippen molar-refractivity contribution in [3.8, 4) is 0 Å². The van der Waals surface area contributed by atoms with Crippen LogP contribution in [0.1, 0.15) is 34.3 Å². The number of anilines is 1. The molecular formula is C21H21F3N2O4S. The second-order valence-electron chi connectivity index (χ2n) is 7.24. The molecule has 6 nitrogen and oxygen atoms in total. The number of halogens is 3. The number of benzene rings is 2. The highest BCUT2D eigenvalue weighted by Crippen LogP contribution is 2.25. The van der Waals surface area contributed by atoms with E-state index in [4.69, 9.17) is 0 Å². The van der Waals surface area contributed by atoms with E-state index in [0.29, 0.717) is 0 Å². The zero-order valence-corrected chi connectivity index (χ0v) is 17.3. The van der Waals surface area contributed by atoms with E-state index in [9.17, 15) is 31.2 Å². The fourth-order valence-corrected chi connectivity index (χ4v) is 4.65. The number of aryl methyl sites for hydroxylation is 2. The summed E-state index contributed by atoms with van der Waals surface area (Å²) < 4.78 is 62.2. The molecular weight excluding hydrogens is 433 g/mol. The fourth-order valence-electron chi connectivity index (χ4n) is 3.37. The number of nitrogens with one attached hydrogen (secondary N) is 2. The molecule has 0 atom stereocenters. The predicted octanol–water partition coefficient (Wildman–Crippen LogP) is 3.27. The number of carbonyl (C=O) groups excluding carboxylic acids is 2. The number of sulfone groups is 1. The molecule has 1 aliphatic carbocycles. The molecule has 2 amide bonds. The molecule has 2 N–H and O–H groups in total. The van der Waals surface area contributed by atoms with Gasteiger partial charge in [-0.3, -0.25) is 9.59 Å². The van der Waals surface area contributed by atoms with Gasteiger partial charge in [-0.15, -0.1) is 0 Å². The lowest BCUT2D eigenvalue weighted by atomic mass is 10.1. The van der Waals surface area contributed by atoms with E-state index in [-0.39, 0.29) is 22.6 Å². The van der Waals surface area contributed by atoms with Crippen LogP contribution in [0.15, 0.2) is 47.4 Å². The Hall–Kier alpha value is -2.88. The van der Waals surface area contributed by atoms with Crippen LogP contribution >= 0.6 is 0 Å². The average molecular weight is 454 g/mol. The Morgan fingerprint density at radius 3 is 2.45 bits per heavy atom. The van der Waals surface area contributed by atoms with Gasteiger partial charge in [-0.1, -0.05) is 18.2 Å². The lowest BCUT2D eigenvalue weighted by molar-refractivity contribution is -0.123. The fraction of sp³-hybridized carbons (Fsp3) is 0.333. The molecule has 0 saturated heterocycles. The standard InChI is InChI=1S/C21H21F3N2O4S/c22-21(23,24)13-25-20(28)17-6-1-2-7-18(17)26-19(27)10-11-31(29,30)16-9-8-14-4-3-5-15(14)12-16/h1-2,6-9,12H,3-5,10-11,13H2,(H,25,28)(H,26,27). The summed E-state index contributed by atoms with van der Waals surface area (Å²) in [6, 6.07) is 10.5. The Morgan fingerprint density at radius 1 is 1.00 bits per heavy atom. The van der Waals surface area contributed by atoms with Crippen molar-refractivity contribution in [3.05, 3.63) is 59.2 Å². The Morgan fingerprint density at radius 2 is 1.71 bits per heavy atom. The van der Waals surface area contributed by atoms with E-state index in [1.807, 2.05) is 0 Å². The molecule has 166 valence electrons. The minimum absolute atomic E-state index is 0.00195. The van der Waals surface area contributed by atoms with Crippen molar-refractivity contribution in [2.24, 2.45) is 0 Å². The molecule has 0 bridgehead atoms. The molecule has 1 aliphatic rings. The van der Waals surface area contributed by atoms with Gasteiger partial charge < -0.3 is 10.6 Å². The highest BCUT2D eigenvalue weighted by Gasteiger charge is 2.28. The van der Waals surface area contributed by atoms with Gasteiger partial charge in [-0.25, -0.2) is 8.42 Å². The van der Waals surface area contributed by atoms with Crippen molar-refractivity contribution >= 4 is 27.3 Å². The Bertz CT molecular complexity index is 1100. The number of amides is 2. The van der Waals surface area contributed by atoms with Crippen molar-refractivity contribution in [2.45, 2.75) is 36.8 Å². The first-order valence-corrected chi connectivity index (χ1v) is 11.3. The number of alkyl halides is 3. The molecule has 31 heavy (non-hydrogen) atoms. The van der Waals surface area contributed by atoms with Crippen LogP contribution in [0.3, 0.4) is 0 Å². The van der Waals surface area contributed by atoms with Gasteiger partial charge in [-0.05, 0) is 54.7 Å². The molecule has 0 unspecified atom stereocenters. The number of hydrogen-bond acceptors (Lipinski definition) is 4. The topological polar surface area (TPSA) is 92.3 Å². The normalized spacial score (nSPS) is 13.5. The van der Waals surface area contributed by atoms with Crippen LogP contribution in [-0.2, 0) is 27.5 Å². The van der Waals surface area contributed by atoms with Crippen molar-refractivity contribution in [1.29, 1.82) is 0 Å². The van der Waals surface area contributed by atoms with Crippen LogP contribution in [0.25, 0.3) is 0 Å². The summed E-state index contributed by atoms with van der Waals surface area (Å²) >= 11 is 0. The summed E-state index contributed by atoms with van der Waals surface area (Å²) in [6.45, 7) is -1.51. The molecule has 0 spiro atoms. The summed E-state index contributed by atoms with van der Waals surface area (Å²) in [5, 5.41) is 4.15. The van der Waals surface area contributed by atoms with Crippen LogP contribution in [-0.4, -0.2) is 38.7 Å². The minimum Gasteiger partial charge on any atom is -0.343 e. The van der Waals surface area contributed by atoms with Gasteiger partial charge >= 0.3 is 6.18 Å². The van der Waals surface area contributed by atoms with Gasteiger partial charge in [0.2, 0.25) is 5.91 Å². The van der Waals surface area contributed by atoms with Crippen LogP contribution in [0.5, 0.6) is 0 Å². The van der Waals surface area contributed by atoms with E-state index in [0.717, 1.165) is 30.4 Å². The lowest BCUT2D eigenvalue weighted by Gasteiger charge is -2.13. The monoisotopic (exact) mass is 454 g/mol. The summed E-state index contributed by atoms with van der Waals surface area (Å²) in [6.07, 6.45) is -2.20. The Kier molecular flexibility index (Phi) is 6.68. The van der Waals surface area contributed by atoms with Gasteiger partial charge in [0, 0.05) is 6.42 Å². The quantitative estimate of drug-likeness (QED) is 0.672. The maximum absolute atomic E-state index is 12.6. The largest absolute Gasteiger partial charge is 0.405 e. The van der Waals surface area contributed by atoms with Gasteiger partial charge in [0.1, 0.15) is 6.54 Å². The maximum atomic E-state index is 12.6. The van der Waals surface area contributed by atoms with E-state index in [1.165, 1.54) is 30.3 Å². The number of para-hydroxylation sites is 1. The SMILES string of the molecule is O=C(CCS(=O)(=O)c1ccc2c(c1)CCC2)Nc1ccccc1C(=O)NCC(F)(F)F. The minimum atomic E-state index is -4.57. The first kappa shape index (κ1) is 22.8. The Labute approximate surface area is 177 Å². The average Bonchev–Trinajstić information content (AvgIpc) is 3.18. The first-order valence-electron chi connectivity index (χ1n) is 9.63. The van der Waals surface area contributed by atoms with Gasteiger partial charge in [0.15, 0.2) is 9.84 Å². The predicted molar refractivity (Wildman–Crippen MR) is 109 cm³/mol. The van der Waals surface area contributed by atoms with E-state index in [1.54, 1.807) is 17.4 Å². The van der Waals surface area contributed by atoms with Gasteiger partial charge in [0.25, 0.3) is 5.91 Å². The van der Waals surface area contributed by atoms with Crippen LogP contribution in [0, 0.1) is 0 Å². The highest BCUT2D eigenvalue weighted by molar-refractivity contribution is 7.91. The van der Waals surface area contributed by atoms with E-state index in [2.05, 4.69) is 5.32 Å². The van der Waals surface area contributed by atoms with Crippen LogP contribution < -0.4 is 10.6 Å². The van der Waals surface area contributed by atoms with Crippen molar-refractivity contribution in [3.63, 3.8) is 0 Å². The number of rotatable bonds is 7. The third-order valence-corrected chi connectivity index (χ3v) is 6.64. The van der Waals surface area contributed by atoms with Crippen molar-refractivity contribution in [2.75, 3.05) is 17.6 Å². The number of carbonyl (C=O) groups is 2. The first-order chi connectivity index (χ1) is 14.5. The molecule has 0 saturated carbocycles. The second kappa shape index (κ2) is 9.09. The van der Waals surface area contributed by atoms with Gasteiger partial charge in [0.05, 0.1) is 21.9 Å². The summed E-state index contributed by atoms with van der Waals surface area (Å²) in [5.74, 6) is -2.10. The molecule has 0 radical (unpaired) electrons. The zero-order chi connectivity index (χ0) is 22.6. The molecule has 10 heteroatoms. The third kappa shape index (κ3) is 6.06. The van der Waals surface area contributed by atoms with Crippen molar-refractivity contribution < 1.29 is 31.2 Å². The second-order valence-corrected chi connectivity index (χ2v) is 9.35. The molecule has 0 fully saturated rings. The zero-order valence-electron chi connectivity index (χ0n) is 16.5. The molecule has 0 aromatic heterocycles. The summed E-state index contributed by atoms with van der Waals surface area (Å²) in [4.78, 5) is 24.5. The lowest BCUT2D eigenvalue weighted by Crippen LogP contribution is -2.34. The molecule has 3 rings (SSSR count). The molecule has 2 aromatic carbocycles. The molecule has 0 aliphatic heterocycles. The van der Waals surface area contributed by atoms with Crippen LogP contribution in [0.4, 0.5) is 18.9 Å². The van der Waals surface area contributed by atoms with E-state index >= 15 is 0 Å². The molecule has 0 heterocycles. The summed E-state index contributed by atoms with van der Waals surface area (Å²) in [5.41, 5.74) is 1.99. The van der Waals surface area contributed by atoms with Gasteiger partial charge in [-0.2, -0.15) is 13.2 Å².